The minimum absolute atomic E-state index is 0.00329. The standard InChI is InChI=1S/C36H47BrN4O8/c1-19-15-21(3)49-30(43)17-28(23-11-13-24(42)14-12-23)40-34(46)29(16-26-25-9-7-8-10-27(25)39-32(26)37)41(6)35(47)22(4)38-33(45)20(2)18-36(5,48)31(19)44/h7-14,19-22,28-29,31,39,42,44,48H,15-18H2,1-6H3,(H,38,45)(H,40,46)/t19?,20-,21?,22?,28+,29+,31?,36?/m0/s1. The van der Waals surface area contributed by atoms with Crippen molar-refractivity contribution in [1.29, 1.82) is 0 Å². The number of aromatic nitrogens is 1. The Hall–Kier alpha value is -3.94. The number of benzene rings is 2. The molecule has 49 heavy (non-hydrogen) atoms. The highest BCUT2D eigenvalue weighted by Gasteiger charge is 2.39. The zero-order valence-electron chi connectivity index (χ0n) is 28.7. The molecule has 3 aromatic rings. The molecular weight excluding hydrogens is 696 g/mol. The Labute approximate surface area is 294 Å². The van der Waals surface area contributed by atoms with Gasteiger partial charge in [-0.2, -0.15) is 0 Å². The van der Waals surface area contributed by atoms with Crippen LogP contribution in [0.2, 0.25) is 0 Å². The molecule has 5 unspecified atom stereocenters. The second-order valence-corrected chi connectivity index (χ2v) is 14.4. The van der Waals surface area contributed by atoms with Crippen molar-refractivity contribution in [3.63, 3.8) is 0 Å². The van der Waals surface area contributed by atoms with Gasteiger partial charge in [0, 0.05) is 30.3 Å². The average Bonchev–Trinajstić information content (AvgIpc) is 3.35. The van der Waals surface area contributed by atoms with E-state index in [1.54, 1.807) is 32.9 Å². The van der Waals surface area contributed by atoms with E-state index >= 15 is 0 Å². The van der Waals surface area contributed by atoms with E-state index in [0.29, 0.717) is 10.2 Å². The number of amides is 3. The molecule has 13 heteroatoms. The molecule has 4 rings (SSSR count). The van der Waals surface area contributed by atoms with Crippen LogP contribution in [-0.2, 0) is 30.3 Å². The first kappa shape index (κ1) is 37.9. The Morgan fingerprint density at radius 2 is 1.63 bits per heavy atom. The van der Waals surface area contributed by atoms with E-state index in [4.69, 9.17) is 4.74 Å². The van der Waals surface area contributed by atoms with Gasteiger partial charge in [-0.25, -0.2) is 0 Å². The van der Waals surface area contributed by atoms with Crippen molar-refractivity contribution in [2.24, 2.45) is 11.8 Å². The molecule has 0 radical (unpaired) electrons. The number of fused-ring (bicyclic) bond motifs is 1. The Balaban J connectivity index is 1.75. The summed E-state index contributed by atoms with van der Waals surface area (Å²) in [6.07, 6.45) is -1.95. The van der Waals surface area contributed by atoms with E-state index in [0.717, 1.165) is 16.5 Å². The lowest BCUT2D eigenvalue weighted by Crippen LogP contribution is -2.55. The molecule has 0 aliphatic carbocycles. The Morgan fingerprint density at radius 3 is 2.31 bits per heavy atom. The summed E-state index contributed by atoms with van der Waals surface area (Å²) in [7, 11) is 1.48. The monoisotopic (exact) mass is 742 g/mol. The van der Waals surface area contributed by atoms with Gasteiger partial charge in [0.15, 0.2) is 0 Å². The largest absolute Gasteiger partial charge is 0.508 e. The van der Waals surface area contributed by atoms with Crippen molar-refractivity contribution in [2.45, 2.75) is 96.2 Å². The molecule has 2 heterocycles. The number of aliphatic hydroxyl groups is 2. The first-order valence-electron chi connectivity index (χ1n) is 16.5. The highest BCUT2D eigenvalue weighted by Crippen LogP contribution is 2.31. The van der Waals surface area contributed by atoms with Crippen LogP contribution >= 0.6 is 15.9 Å². The van der Waals surface area contributed by atoms with E-state index in [9.17, 15) is 34.5 Å². The minimum Gasteiger partial charge on any atom is -0.508 e. The number of aliphatic hydroxyl groups excluding tert-OH is 1. The summed E-state index contributed by atoms with van der Waals surface area (Å²) in [5.41, 5.74) is 0.449. The van der Waals surface area contributed by atoms with Crippen LogP contribution in [0.3, 0.4) is 0 Å². The average molecular weight is 744 g/mol. The van der Waals surface area contributed by atoms with E-state index in [-0.39, 0.29) is 31.4 Å². The van der Waals surface area contributed by atoms with Crippen LogP contribution in [-0.4, -0.2) is 85.8 Å². The number of H-pyrrole nitrogens is 1. The van der Waals surface area contributed by atoms with Gasteiger partial charge >= 0.3 is 5.97 Å². The molecular formula is C36H47BrN4O8. The number of esters is 1. The Kier molecular flexibility index (Phi) is 12.2. The summed E-state index contributed by atoms with van der Waals surface area (Å²) in [5.74, 6) is -3.49. The number of cyclic esters (lactones) is 1. The Morgan fingerprint density at radius 1 is 0.980 bits per heavy atom. The van der Waals surface area contributed by atoms with Gasteiger partial charge in [0.25, 0.3) is 0 Å². The number of nitrogens with zero attached hydrogens (tertiary/aromatic N) is 1. The molecule has 0 spiro atoms. The number of aromatic hydroxyl groups is 1. The van der Waals surface area contributed by atoms with Crippen molar-refractivity contribution in [2.75, 3.05) is 7.05 Å². The summed E-state index contributed by atoms with van der Waals surface area (Å²) in [4.78, 5) is 59.3. The summed E-state index contributed by atoms with van der Waals surface area (Å²) < 4.78 is 6.35. The zero-order valence-corrected chi connectivity index (χ0v) is 30.3. The number of nitrogens with one attached hydrogen (secondary N) is 3. The van der Waals surface area contributed by atoms with Crippen molar-refractivity contribution < 1.29 is 39.2 Å². The predicted molar refractivity (Wildman–Crippen MR) is 187 cm³/mol. The number of carbonyl (C=O) groups excluding carboxylic acids is 4. The molecule has 1 aliphatic heterocycles. The molecule has 1 saturated heterocycles. The second-order valence-electron chi connectivity index (χ2n) is 13.6. The fourth-order valence-electron chi connectivity index (χ4n) is 6.65. The molecule has 0 saturated carbocycles. The lowest BCUT2D eigenvalue weighted by Gasteiger charge is -2.35. The third kappa shape index (κ3) is 9.20. The predicted octanol–water partition coefficient (Wildman–Crippen LogP) is 3.87. The van der Waals surface area contributed by atoms with Crippen molar-refractivity contribution in [3.8, 4) is 5.75 Å². The van der Waals surface area contributed by atoms with Crippen LogP contribution in [0.4, 0.5) is 0 Å². The van der Waals surface area contributed by atoms with E-state index in [1.165, 1.54) is 37.9 Å². The maximum Gasteiger partial charge on any atom is 0.308 e. The first-order chi connectivity index (χ1) is 23.0. The van der Waals surface area contributed by atoms with Crippen LogP contribution in [0, 0.1) is 11.8 Å². The van der Waals surface area contributed by atoms with Gasteiger partial charge in [-0.15, -0.1) is 0 Å². The molecule has 2 aromatic carbocycles. The quantitative estimate of drug-likeness (QED) is 0.219. The van der Waals surface area contributed by atoms with Crippen LogP contribution in [0.25, 0.3) is 10.9 Å². The minimum atomic E-state index is -1.66. The van der Waals surface area contributed by atoms with Crippen molar-refractivity contribution in [1.82, 2.24) is 20.5 Å². The molecule has 3 amide bonds. The fourth-order valence-corrected chi connectivity index (χ4v) is 7.24. The van der Waals surface area contributed by atoms with Gasteiger partial charge < -0.3 is 40.6 Å². The van der Waals surface area contributed by atoms with Crippen LogP contribution in [0.1, 0.15) is 71.0 Å². The van der Waals surface area contributed by atoms with Crippen LogP contribution < -0.4 is 10.6 Å². The highest BCUT2D eigenvalue weighted by atomic mass is 79.9. The number of likely N-dealkylation sites (N-methyl/N-ethyl adjacent to an activating group) is 1. The number of hydrogen-bond acceptors (Lipinski definition) is 8. The molecule has 1 aliphatic rings. The molecule has 0 bridgehead atoms. The van der Waals surface area contributed by atoms with Gasteiger partial charge in [0.1, 0.15) is 17.8 Å². The van der Waals surface area contributed by atoms with Crippen molar-refractivity contribution in [3.05, 3.63) is 64.3 Å². The van der Waals surface area contributed by atoms with E-state index in [2.05, 4.69) is 31.5 Å². The number of phenols is 1. The molecule has 1 fully saturated rings. The molecule has 6 N–H and O–H groups in total. The summed E-state index contributed by atoms with van der Waals surface area (Å²) in [5, 5.41) is 38.7. The maximum absolute atomic E-state index is 14.3. The molecule has 1 aromatic heterocycles. The normalized spacial score (nSPS) is 30.1. The molecule has 12 nitrogen and oxygen atoms in total. The number of hydrogen-bond donors (Lipinski definition) is 6. The van der Waals surface area contributed by atoms with Crippen LogP contribution in [0.15, 0.2) is 53.1 Å². The zero-order chi connectivity index (χ0) is 36.2. The van der Waals surface area contributed by atoms with Crippen molar-refractivity contribution >= 4 is 50.5 Å². The summed E-state index contributed by atoms with van der Waals surface area (Å²) in [6, 6.07) is 10.6. The molecule has 8 atom stereocenters. The van der Waals surface area contributed by atoms with Crippen LogP contribution in [0.5, 0.6) is 5.75 Å². The highest BCUT2D eigenvalue weighted by molar-refractivity contribution is 9.10. The third-order valence-electron chi connectivity index (χ3n) is 9.37. The van der Waals surface area contributed by atoms with Gasteiger partial charge in [-0.05, 0) is 84.8 Å². The van der Waals surface area contributed by atoms with E-state index in [1.807, 2.05) is 24.3 Å². The third-order valence-corrected chi connectivity index (χ3v) is 10.0. The first-order valence-corrected chi connectivity index (χ1v) is 17.3. The Bertz CT molecular complexity index is 1660. The lowest BCUT2D eigenvalue weighted by molar-refractivity contribution is -0.152. The van der Waals surface area contributed by atoms with Gasteiger partial charge in [-0.3, -0.25) is 19.2 Å². The number of phenolic OH excluding ortho intramolecular Hbond substituents is 1. The number of rotatable bonds is 3. The second kappa shape index (κ2) is 15.7. The number of ether oxygens (including phenoxy) is 1. The summed E-state index contributed by atoms with van der Waals surface area (Å²) >= 11 is 3.57. The lowest BCUT2D eigenvalue weighted by atomic mass is 9.80. The number of halogens is 1. The topological polar surface area (TPSA) is 181 Å². The van der Waals surface area contributed by atoms with E-state index < -0.39 is 71.5 Å². The number of para-hydroxylation sites is 1. The summed E-state index contributed by atoms with van der Waals surface area (Å²) in [6.45, 7) is 7.97. The SMILES string of the molecule is CC1CC(C)C(O)C(C)(O)C[C@H](C)C(=O)NC(C)C(=O)N(C)[C@H](Cc2c(Br)[nH]c3ccccc23)C(=O)N[C@@H](c2ccc(O)cc2)CC(=O)O1. The number of aromatic amines is 1. The van der Waals surface area contributed by atoms with Gasteiger partial charge in [-0.1, -0.05) is 44.2 Å². The smallest absolute Gasteiger partial charge is 0.308 e. The fraction of sp³-hybridized carbons (Fsp3) is 0.500. The molecule has 266 valence electrons. The van der Waals surface area contributed by atoms with Gasteiger partial charge in [0.05, 0.1) is 34.9 Å². The van der Waals surface area contributed by atoms with Gasteiger partial charge in [0.2, 0.25) is 17.7 Å². The maximum atomic E-state index is 14.3. The number of carbonyl (C=O) groups is 4.